The van der Waals surface area contributed by atoms with E-state index in [1.54, 1.807) is 20.9 Å². The van der Waals surface area contributed by atoms with Crippen LogP contribution in [0, 0.1) is 20.8 Å². The molecule has 27 heavy (non-hydrogen) atoms. The first-order chi connectivity index (χ1) is 12.9. The van der Waals surface area contributed by atoms with Crippen molar-refractivity contribution in [3.05, 3.63) is 40.7 Å². The maximum atomic E-state index is 13.3. The molecular weight excluding hydrogens is 360 g/mol. The molecule has 1 amide bonds. The number of ether oxygens (including phenoxy) is 1. The number of hydrogen-bond acceptors (Lipinski definition) is 5. The van der Waals surface area contributed by atoms with E-state index in [0.717, 1.165) is 35.4 Å². The van der Waals surface area contributed by atoms with Crippen molar-refractivity contribution in [3.63, 3.8) is 0 Å². The molecule has 3 aromatic rings. The number of carbonyl (C=O) groups excluding carboxylic acids is 1. The third kappa shape index (κ3) is 3.49. The third-order valence-corrected chi connectivity index (χ3v) is 6.26. The topological polar surface area (TPSA) is 60.2 Å². The van der Waals surface area contributed by atoms with Crippen LogP contribution in [0.25, 0.3) is 10.2 Å². The Labute approximate surface area is 162 Å². The molecule has 0 aliphatic carbocycles. The van der Waals surface area contributed by atoms with E-state index in [9.17, 15) is 4.79 Å². The molecule has 6 nitrogen and oxygen atoms in total. The van der Waals surface area contributed by atoms with Gasteiger partial charge in [0, 0.05) is 19.3 Å². The zero-order valence-corrected chi connectivity index (χ0v) is 17.0. The summed E-state index contributed by atoms with van der Waals surface area (Å²) in [6.07, 6.45) is 2.05. The summed E-state index contributed by atoms with van der Waals surface area (Å²) in [5, 5.41) is 5.09. The van der Waals surface area contributed by atoms with Crippen LogP contribution >= 0.6 is 11.3 Å². The second-order valence-electron chi connectivity index (χ2n) is 7.27. The van der Waals surface area contributed by atoms with Gasteiger partial charge in [-0.05, 0) is 56.9 Å². The van der Waals surface area contributed by atoms with E-state index in [1.165, 1.54) is 11.1 Å². The van der Waals surface area contributed by atoms with E-state index in [4.69, 9.17) is 9.72 Å². The molecule has 2 aromatic heterocycles. The van der Waals surface area contributed by atoms with Gasteiger partial charge < -0.3 is 4.74 Å². The number of nitrogens with zero attached hydrogens (tertiary/aromatic N) is 4. The summed E-state index contributed by atoms with van der Waals surface area (Å²) in [5.41, 5.74) is 4.70. The molecule has 0 bridgehead atoms. The minimum atomic E-state index is -0.123. The van der Waals surface area contributed by atoms with Crippen molar-refractivity contribution in [1.29, 1.82) is 0 Å². The summed E-state index contributed by atoms with van der Waals surface area (Å²) in [6.45, 7) is 7.36. The predicted octanol–water partition coefficient (Wildman–Crippen LogP) is 3.78. The first-order valence-electron chi connectivity index (χ1n) is 9.24. The van der Waals surface area contributed by atoms with Crippen LogP contribution in [-0.4, -0.2) is 39.9 Å². The zero-order valence-electron chi connectivity index (χ0n) is 16.2. The van der Waals surface area contributed by atoms with Gasteiger partial charge in [0.25, 0.3) is 5.91 Å². The fraction of sp³-hybridized carbons (Fsp3) is 0.450. The van der Waals surface area contributed by atoms with E-state index in [-0.39, 0.29) is 12.0 Å². The van der Waals surface area contributed by atoms with E-state index in [2.05, 4.69) is 31.1 Å². The third-order valence-electron chi connectivity index (χ3n) is 5.03. The Morgan fingerprint density at radius 3 is 2.81 bits per heavy atom. The summed E-state index contributed by atoms with van der Waals surface area (Å²) < 4.78 is 8.64. The van der Waals surface area contributed by atoms with Crippen LogP contribution in [0.3, 0.4) is 0 Å². The molecule has 0 spiro atoms. The van der Waals surface area contributed by atoms with Crippen LogP contribution in [-0.2, 0) is 11.8 Å². The highest BCUT2D eigenvalue weighted by Crippen LogP contribution is 2.33. The smallest absolute Gasteiger partial charge is 0.280 e. The predicted molar refractivity (Wildman–Crippen MR) is 108 cm³/mol. The van der Waals surface area contributed by atoms with Gasteiger partial charge in [-0.15, -0.1) is 0 Å². The fourth-order valence-electron chi connectivity index (χ4n) is 3.52. The molecule has 1 saturated heterocycles. The summed E-state index contributed by atoms with van der Waals surface area (Å²) in [4.78, 5) is 19.8. The number of benzene rings is 1. The lowest BCUT2D eigenvalue weighted by Crippen LogP contribution is -2.37. The molecular formula is C20H24N4O2S. The van der Waals surface area contributed by atoms with Gasteiger partial charge in [0.1, 0.15) is 0 Å². The van der Waals surface area contributed by atoms with Gasteiger partial charge in [-0.25, -0.2) is 4.98 Å². The van der Waals surface area contributed by atoms with Gasteiger partial charge in [0.05, 0.1) is 22.9 Å². The zero-order chi connectivity index (χ0) is 19.1. The molecule has 1 unspecified atom stereocenters. The summed E-state index contributed by atoms with van der Waals surface area (Å²) >= 11 is 1.56. The normalized spacial score (nSPS) is 17.0. The van der Waals surface area contributed by atoms with Crippen molar-refractivity contribution < 1.29 is 9.53 Å². The summed E-state index contributed by atoms with van der Waals surface area (Å²) in [5.74, 6) is -0.123. The molecule has 1 atom stereocenters. The van der Waals surface area contributed by atoms with E-state index in [1.807, 2.05) is 20.0 Å². The Bertz CT molecular complexity index is 981. The first kappa shape index (κ1) is 18.1. The second kappa shape index (κ2) is 7.05. The molecule has 3 heterocycles. The first-order valence-corrected chi connectivity index (χ1v) is 10.1. The number of carbonyl (C=O) groups is 1. The number of aromatic nitrogens is 3. The van der Waals surface area contributed by atoms with Crippen LogP contribution in [0.15, 0.2) is 18.2 Å². The van der Waals surface area contributed by atoms with Crippen LogP contribution < -0.4 is 4.90 Å². The fourth-order valence-corrected chi connectivity index (χ4v) is 4.55. The van der Waals surface area contributed by atoms with Crippen molar-refractivity contribution in [1.82, 2.24) is 14.8 Å². The highest BCUT2D eigenvalue weighted by Gasteiger charge is 2.28. The number of hydrogen-bond donors (Lipinski definition) is 0. The highest BCUT2D eigenvalue weighted by molar-refractivity contribution is 7.22. The van der Waals surface area contributed by atoms with Crippen molar-refractivity contribution in [2.24, 2.45) is 7.05 Å². The van der Waals surface area contributed by atoms with Gasteiger partial charge in [0.15, 0.2) is 10.8 Å². The van der Waals surface area contributed by atoms with Gasteiger partial charge in [-0.3, -0.25) is 14.4 Å². The molecule has 142 valence electrons. The molecule has 0 radical (unpaired) electrons. The maximum Gasteiger partial charge on any atom is 0.280 e. The average Bonchev–Trinajstić information content (AvgIpc) is 3.33. The molecule has 0 N–H and O–H groups in total. The van der Waals surface area contributed by atoms with Crippen LogP contribution in [0.4, 0.5) is 5.13 Å². The molecule has 4 rings (SSSR count). The van der Waals surface area contributed by atoms with Gasteiger partial charge >= 0.3 is 0 Å². The molecule has 1 aromatic carbocycles. The van der Waals surface area contributed by atoms with Crippen molar-refractivity contribution >= 4 is 32.6 Å². The number of thiazole rings is 1. The number of anilines is 1. The Balaban J connectivity index is 1.75. The van der Waals surface area contributed by atoms with Crippen LogP contribution in [0.2, 0.25) is 0 Å². The number of fused-ring (bicyclic) bond motifs is 1. The lowest BCUT2D eigenvalue weighted by atomic mass is 10.1. The summed E-state index contributed by atoms with van der Waals surface area (Å²) in [6, 6.07) is 6.05. The van der Waals surface area contributed by atoms with E-state index < -0.39 is 0 Å². The number of rotatable bonds is 4. The molecule has 7 heteroatoms. The van der Waals surface area contributed by atoms with Gasteiger partial charge in [0.2, 0.25) is 0 Å². The second-order valence-corrected chi connectivity index (χ2v) is 8.25. The monoisotopic (exact) mass is 384 g/mol. The average molecular weight is 385 g/mol. The lowest BCUT2D eigenvalue weighted by Gasteiger charge is -2.22. The summed E-state index contributed by atoms with van der Waals surface area (Å²) in [7, 11) is 1.85. The standard InChI is InChI=1S/C20H24N4O2S/c1-12-8-13(2)18-16(9-12)21-20(27-18)24(11-15-6-5-7-26-15)19(25)17-10-14(3)23(4)22-17/h8-10,15H,5-7,11H2,1-4H3. The van der Waals surface area contributed by atoms with Gasteiger partial charge in [-0.2, -0.15) is 5.10 Å². The lowest BCUT2D eigenvalue weighted by molar-refractivity contribution is 0.0913. The SMILES string of the molecule is Cc1cc(C)c2sc(N(CC3CCCO3)C(=O)c3cc(C)n(C)n3)nc2c1. The van der Waals surface area contributed by atoms with E-state index >= 15 is 0 Å². The van der Waals surface area contributed by atoms with Gasteiger partial charge in [-0.1, -0.05) is 17.4 Å². The number of amides is 1. The maximum absolute atomic E-state index is 13.3. The van der Waals surface area contributed by atoms with Crippen molar-refractivity contribution in [3.8, 4) is 0 Å². The van der Waals surface area contributed by atoms with Crippen molar-refractivity contribution in [2.75, 3.05) is 18.1 Å². The molecule has 1 fully saturated rings. The minimum Gasteiger partial charge on any atom is -0.376 e. The Kier molecular flexibility index (Phi) is 4.74. The largest absolute Gasteiger partial charge is 0.376 e. The number of aryl methyl sites for hydroxylation is 4. The quantitative estimate of drug-likeness (QED) is 0.687. The van der Waals surface area contributed by atoms with E-state index in [0.29, 0.717) is 17.4 Å². The molecule has 1 aliphatic rings. The molecule has 0 saturated carbocycles. The Morgan fingerprint density at radius 1 is 1.33 bits per heavy atom. The highest BCUT2D eigenvalue weighted by atomic mass is 32.1. The Hall–Kier alpha value is -2.25. The molecule has 1 aliphatic heterocycles. The van der Waals surface area contributed by atoms with Crippen molar-refractivity contribution in [2.45, 2.75) is 39.7 Å². The van der Waals surface area contributed by atoms with Crippen LogP contribution in [0.5, 0.6) is 0 Å². The Morgan fingerprint density at radius 2 is 2.15 bits per heavy atom. The minimum absolute atomic E-state index is 0.0496. The van der Waals surface area contributed by atoms with Crippen LogP contribution in [0.1, 0.15) is 40.2 Å².